The van der Waals surface area contributed by atoms with Crippen LogP contribution in [0.25, 0.3) is 10.8 Å². The SMILES string of the molecule is CCCC(Cl)c1noc(-c2cc(OC)cs2)n1. The number of hydrogen-bond acceptors (Lipinski definition) is 5. The Bertz CT molecular complexity index is 483. The fraction of sp³-hybridized carbons (Fsp3) is 0.455. The molecule has 0 radical (unpaired) electrons. The summed E-state index contributed by atoms with van der Waals surface area (Å²) in [6.07, 6.45) is 1.83. The molecule has 92 valence electrons. The highest BCUT2D eigenvalue weighted by Crippen LogP contribution is 2.31. The molecule has 4 nitrogen and oxygen atoms in total. The predicted molar refractivity (Wildman–Crippen MR) is 67.7 cm³/mol. The molecule has 0 amide bonds. The molecule has 0 aliphatic carbocycles. The molecular weight excluding hydrogens is 260 g/mol. The molecule has 0 saturated heterocycles. The molecule has 0 aromatic carbocycles. The second-order valence-corrected chi connectivity index (χ2v) is 5.00. The Labute approximate surface area is 109 Å². The van der Waals surface area contributed by atoms with Gasteiger partial charge in [0, 0.05) is 11.4 Å². The number of alkyl halides is 1. The fourth-order valence-electron chi connectivity index (χ4n) is 1.38. The molecule has 0 saturated carbocycles. The molecule has 2 aromatic rings. The summed E-state index contributed by atoms with van der Waals surface area (Å²) in [5.74, 6) is 1.84. The van der Waals surface area contributed by atoms with Crippen molar-refractivity contribution in [2.75, 3.05) is 7.11 Å². The summed E-state index contributed by atoms with van der Waals surface area (Å²) in [4.78, 5) is 5.18. The maximum atomic E-state index is 6.13. The summed E-state index contributed by atoms with van der Waals surface area (Å²) < 4.78 is 10.3. The van der Waals surface area contributed by atoms with Crippen LogP contribution in [0.3, 0.4) is 0 Å². The van der Waals surface area contributed by atoms with Crippen LogP contribution < -0.4 is 4.74 Å². The van der Waals surface area contributed by atoms with E-state index in [0.717, 1.165) is 23.5 Å². The highest BCUT2D eigenvalue weighted by Gasteiger charge is 2.17. The minimum absolute atomic E-state index is 0.181. The van der Waals surface area contributed by atoms with Crippen molar-refractivity contribution in [3.8, 4) is 16.5 Å². The zero-order valence-electron chi connectivity index (χ0n) is 9.64. The first-order valence-electron chi connectivity index (χ1n) is 5.35. The molecule has 0 aliphatic heterocycles. The van der Waals surface area contributed by atoms with Crippen LogP contribution in [0.1, 0.15) is 31.0 Å². The van der Waals surface area contributed by atoms with Crippen molar-refractivity contribution in [3.63, 3.8) is 0 Å². The van der Waals surface area contributed by atoms with E-state index < -0.39 is 0 Å². The first-order chi connectivity index (χ1) is 8.24. The van der Waals surface area contributed by atoms with Crippen LogP contribution in [0.4, 0.5) is 0 Å². The summed E-state index contributed by atoms with van der Waals surface area (Å²) in [6.45, 7) is 2.07. The first-order valence-corrected chi connectivity index (χ1v) is 6.66. The maximum absolute atomic E-state index is 6.13. The zero-order valence-corrected chi connectivity index (χ0v) is 11.2. The van der Waals surface area contributed by atoms with Crippen molar-refractivity contribution in [3.05, 3.63) is 17.3 Å². The second kappa shape index (κ2) is 5.51. The van der Waals surface area contributed by atoms with E-state index in [-0.39, 0.29) is 5.38 Å². The van der Waals surface area contributed by atoms with E-state index in [9.17, 15) is 0 Å². The second-order valence-electron chi connectivity index (χ2n) is 3.56. The molecule has 0 aliphatic rings. The number of hydrogen-bond donors (Lipinski definition) is 0. The van der Waals surface area contributed by atoms with Gasteiger partial charge in [-0.1, -0.05) is 18.5 Å². The van der Waals surface area contributed by atoms with Gasteiger partial charge < -0.3 is 9.26 Å². The van der Waals surface area contributed by atoms with Crippen molar-refractivity contribution in [1.29, 1.82) is 0 Å². The minimum atomic E-state index is -0.181. The molecule has 1 unspecified atom stereocenters. The molecule has 0 fully saturated rings. The molecule has 0 N–H and O–H groups in total. The highest BCUT2D eigenvalue weighted by molar-refractivity contribution is 7.13. The van der Waals surface area contributed by atoms with Gasteiger partial charge in [-0.05, 0) is 6.42 Å². The van der Waals surface area contributed by atoms with Crippen molar-refractivity contribution in [2.45, 2.75) is 25.1 Å². The van der Waals surface area contributed by atoms with E-state index in [1.807, 2.05) is 11.4 Å². The first kappa shape index (κ1) is 12.4. The molecule has 2 rings (SSSR count). The third kappa shape index (κ3) is 2.79. The van der Waals surface area contributed by atoms with E-state index in [1.165, 1.54) is 11.3 Å². The number of aromatic nitrogens is 2. The molecular formula is C11H13ClN2O2S. The third-order valence-corrected chi connectivity index (χ3v) is 3.60. The normalized spacial score (nSPS) is 12.6. The van der Waals surface area contributed by atoms with Crippen molar-refractivity contribution < 1.29 is 9.26 Å². The molecule has 0 bridgehead atoms. The lowest BCUT2D eigenvalue weighted by atomic mass is 10.2. The van der Waals surface area contributed by atoms with Gasteiger partial charge in [-0.15, -0.1) is 22.9 Å². The lowest BCUT2D eigenvalue weighted by molar-refractivity contribution is 0.414. The third-order valence-electron chi connectivity index (χ3n) is 2.29. The number of ether oxygens (including phenoxy) is 1. The van der Waals surface area contributed by atoms with Gasteiger partial charge in [-0.3, -0.25) is 0 Å². The van der Waals surface area contributed by atoms with Crippen LogP contribution in [0.15, 0.2) is 16.0 Å². The molecule has 2 aromatic heterocycles. The average molecular weight is 273 g/mol. The Hall–Kier alpha value is -1.07. The Balaban J connectivity index is 2.17. The highest BCUT2D eigenvalue weighted by atomic mass is 35.5. The molecule has 1 atom stereocenters. The number of nitrogens with zero attached hydrogens (tertiary/aromatic N) is 2. The van der Waals surface area contributed by atoms with E-state index in [2.05, 4.69) is 17.1 Å². The largest absolute Gasteiger partial charge is 0.496 e. The summed E-state index contributed by atoms with van der Waals surface area (Å²) in [6, 6.07) is 1.87. The number of methoxy groups -OCH3 is 1. The van der Waals surface area contributed by atoms with E-state index >= 15 is 0 Å². The van der Waals surface area contributed by atoms with Gasteiger partial charge in [0.25, 0.3) is 5.89 Å². The minimum Gasteiger partial charge on any atom is -0.496 e. The smallest absolute Gasteiger partial charge is 0.268 e. The predicted octanol–water partition coefficient (Wildman–Crippen LogP) is 3.89. The Morgan fingerprint density at radius 3 is 3.06 bits per heavy atom. The monoisotopic (exact) mass is 272 g/mol. The quantitative estimate of drug-likeness (QED) is 0.775. The van der Waals surface area contributed by atoms with Gasteiger partial charge in [0.1, 0.15) is 5.75 Å². The summed E-state index contributed by atoms with van der Waals surface area (Å²) >= 11 is 7.63. The molecule has 2 heterocycles. The Morgan fingerprint density at radius 2 is 2.41 bits per heavy atom. The summed E-state index contributed by atoms with van der Waals surface area (Å²) in [5.41, 5.74) is 0. The van der Waals surface area contributed by atoms with Gasteiger partial charge in [0.2, 0.25) is 0 Å². The Kier molecular flexibility index (Phi) is 4.02. The fourth-order valence-corrected chi connectivity index (χ4v) is 2.46. The van der Waals surface area contributed by atoms with Gasteiger partial charge in [0.05, 0.1) is 17.4 Å². The van der Waals surface area contributed by atoms with Crippen molar-refractivity contribution in [1.82, 2.24) is 10.1 Å². The van der Waals surface area contributed by atoms with Gasteiger partial charge in [0.15, 0.2) is 5.82 Å². The molecule has 6 heteroatoms. The molecule has 17 heavy (non-hydrogen) atoms. The Morgan fingerprint density at radius 1 is 1.59 bits per heavy atom. The van der Waals surface area contributed by atoms with E-state index in [0.29, 0.717) is 11.7 Å². The van der Waals surface area contributed by atoms with E-state index in [1.54, 1.807) is 7.11 Å². The van der Waals surface area contributed by atoms with Crippen LogP contribution in [-0.4, -0.2) is 17.3 Å². The number of rotatable bonds is 5. The van der Waals surface area contributed by atoms with E-state index in [4.69, 9.17) is 20.9 Å². The van der Waals surface area contributed by atoms with Crippen LogP contribution in [0, 0.1) is 0 Å². The summed E-state index contributed by atoms with van der Waals surface area (Å²) in [7, 11) is 1.63. The van der Waals surface area contributed by atoms with Crippen molar-refractivity contribution in [2.24, 2.45) is 0 Å². The summed E-state index contributed by atoms with van der Waals surface area (Å²) in [5, 5.41) is 5.61. The lowest BCUT2D eigenvalue weighted by Crippen LogP contribution is -1.92. The van der Waals surface area contributed by atoms with Gasteiger partial charge in [-0.25, -0.2) is 0 Å². The van der Waals surface area contributed by atoms with Crippen LogP contribution in [0.2, 0.25) is 0 Å². The molecule has 0 spiro atoms. The maximum Gasteiger partial charge on any atom is 0.268 e. The van der Waals surface area contributed by atoms with Crippen LogP contribution in [0.5, 0.6) is 5.75 Å². The lowest BCUT2D eigenvalue weighted by Gasteiger charge is -1.99. The van der Waals surface area contributed by atoms with Crippen LogP contribution in [-0.2, 0) is 0 Å². The zero-order chi connectivity index (χ0) is 12.3. The van der Waals surface area contributed by atoms with Crippen LogP contribution >= 0.6 is 22.9 Å². The topological polar surface area (TPSA) is 48.2 Å². The van der Waals surface area contributed by atoms with Gasteiger partial charge in [-0.2, -0.15) is 4.98 Å². The van der Waals surface area contributed by atoms with Crippen molar-refractivity contribution >= 4 is 22.9 Å². The number of thiophene rings is 1. The van der Waals surface area contributed by atoms with Gasteiger partial charge >= 0.3 is 0 Å². The average Bonchev–Trinajstić information content (AvgIpc) is 2.98. The number of halogens is 1. The standard InChI is InChI=1S/C11H13ClN2O2S/c1-3-4-8(12)10-13-11(16-14-10)9-5-7(15-2)6-17-9/h5-6,8H,3-4H2,1-2H3.